The lowest BCUT2D eigenvalue weighted by Gasteiger charge is -2.37. The number of nitriles is 1. The van der Waals surface area contributed by atoms with Gasteiger partial charge in [0, 0.05) is 54.8 Å². The van der Waals surface area contributed by atoms with E-state index >= 15 is 4.39 Å². The standard InChI is InChI=1S/C37H39FN4O/c38-37(12-16-42(17-13-37)24-26-4-2-1-3-5-26)21-31-20-30-19-29(7-8-33(30)36(31)43)28-10-14-41(15-11-28)25-32-23-40-35-9-6-27(22-39)18-34(32)35/h1-9,18-19,23,28,31,40H,10-17,20-21,24-25H2. The molecule has 1 unspecified atom stereocenters. The molecule has 0 amide bonds. The first-order chi connectivity index (χ1) is 21.0. The molecule has 3 aromatic carbocycles. The molecule has 1 aromatic heterocycles. The van der Waals surface area contributed by atoms with Crippen LogP contribution in [0.4, 0.5) is 4.39 Å². The van der Waals surface area contributed by atoms with E-state index in [1.807, 2.05) is 30.3 Å². The van der Waals surface area contributed by atoms with E-state index in [0.717, 1.165) is 74.1 Å². The highest BCUT2D eigenvalue weighted by Crippen LogP contribution is 2.40. The number of benzene rings is 3. The highest BCUT2D eigenvalue weighted by molar-refractivity contribution is 6.02. The number of likely N-dealkylation sites (tertiary alicyclic amines) is 2. The maximum atomic E-state index is 16.0. The Morgan fingerprint density at radius 1 is 0.930 bits per heavy atom. The van der Waals surface area contributed by atoms with Crippen molar-refractivity contribution in [2.24, 2.45) is 5.92 Å². The third-order valence-corrected chi connectivity index (χ3v) is 10.2. The van der Waals surface area contributed by atoms with Gasteiger partial charge in [0.15, 0.2) is 5.78 Å². The van der Waals surface area contributed by atoms with E-state index in [2.05, 4.69) is 63.4 Å². The van der Waals surface area contributed by atoms with Crippen molar-refractivity contribution in [1.29, 1.82) is 5.26 Å². The van der Waals surface area contributed by atoms with Crippen molar-refractivity contribution in [2.75, 3.05) is 26.2 Å². The highest BCUT2D eigenvalue weighted by Gasteiger charge is 2.41. The Kier molecular flexibility index (Phi) is 7.63. The van der Waals surface area contributed by atoms with Crippen LogP contribution in [0.3, 0.4) is 0 Å². The number of piperidine rings is 2. The molecular formula is C37H39FN4O. The van der Waals surface area contributed by atoms with Gasteiger partial charge in [-0.1, -0.05) is 48.5 Å². The van der Waals surface area contributed by atoms with Gasteiger partial charge < -0.3 is 4.98 Å². The summed E-state index contributed by atoms with van der Waals surface area (Å²) in [4.78, 5) is 21.5. The molecule has 5 nitrogen and oxygen atoms in total. The normalized spacial score (nSPS) is 21.2. The van der Waals surface area contributed by atoms with Crippen LogP contribution in [0.1, 0.15) is 76.2 Å². The molecule has 3 aliphatic rings. The van der Waals surface area contributed by atoms with Crippen LogP contribution in [0, 0.1) is 17.2 Å². The Bertz CT molecular complexity index is 1660. The third kappa shape index (κ3) is 5.89. The van der Waals surface area contributed by atoms with Gasteiger partial charge in [-0.2, -0.15) is 5.26 Å². The number of rotatable bonds is 7. The average Bonchev–Trinajstić information content (AvgIpc) is 3.58. The Balaban J connectivity index is 0.935. The van der Waals surface area contributed by atoms with Crippen molar-refractivity contribution in [3.05, 3.63) is 106 Å². The lowest BCUT2D eigenvalue weighted by molar-refractivity contribution is 0.0336. The minimum Gasteiger partial charge on any atom is -0.361 e. The predicted octanol–water partition coefficient (Wildman–Crippen LogP) is 7.17. The Morgan fingerprint density at radius 2 is 1.70 bits per heavy atom. The van der Waals surface area contributed by atoms with Crippen LogP contribution < -0.4 is 0 Å². The number of hydrogen-bond donors (Lipinski definition) is 1. The second-order valence-electron chi connectivity index (χ2n) is 13.0. The van der Waals surface area contributed by atoms with E-state index in [-0.39, 0.29) is 11.7 Å². The average molecular weight is 575 g/mol. The molecule has 2 fully saturated rings. The number of halogens is 1. The van der Waals surface area contributed by atoms with E-state index in [1.165, 1.54) is 16.7 Å². The third-order valence-electron chi connectivity index (χ3n) is 10.2. The zero-order chi connectivity index (χ0) is 29.4. The maximum absolute atomic E-state index is 16.0. The highest BCUT2D eigenvalue weighted by atomic mass is 19.1. The van der Waals surface area contributed by atoms with E-state index in [0.29, 0.717) is 37.2 Å². The summed E-state index contributed by atoms with van der Waals surface area (Å²) in [5, 5.41) is 10.4. The Labute approximate surface area is 253 Å². The number of carbonyl (C=O) groups is 1. The first-order valence-electron chi connectivity index (χ1n) is 15.8. The van der Waals surface area contributed by atoms with Crippen LogP contribution in [0.15, 0.2) is 72.9 Å². The van der Waals surface area contributed by atoms with Crippen molar-refractivity contribution in [1.82, 2.24) is 14.8 Å². The molecule has 0 bridgehead atoms. The van der Waals surface area contributed by atoms with E-state index in [1.54, 1.807) is 0 Å². The molecule has 4 aromatic rings. The number of aromatic nitrogens is 1. The number of nitrogens with one attached hydrogen (secondary N) is 1. The molecule has 220 valence electrons. The predicted molar refractivity (Wildman–Crippen MR) is 168 cm³/mol. The molecule has 0 radical (unpaired) electrons. The second kappa shape index (κ2) is 11.7. The van der Waals surface area contributed by atoms with Crippen molar-refractivity contribution in [3.8, 4) is 6.07 Å². The summed E-state index contributed by atoms with van der Waals surface area (Å²) in [5.74, 6) is 0.374. The van der Waals surface area contributed by atoms with Gasteiger partial charge in [-0.05, 0) is 98.0 Å². The molecule has 3 heterocycles. The first-order valence-corrected chi connectivity index (χ1v) is 15.8. The fourth-order valence-electron chi connectivity index (χ4n) is 7.66. The fourth-order valence-corrected chi connectivity index (χ4v) is 7.66. The molecule has 1 aliphatic carbocycles. The van der Waals surface area contributed by atoms with E-state index in [4.69, 9.17) is 0 Å². The zero-order valence-corrected chi connectivity index (χ0v) is 24.7. The molecule has 2 saturated heterocycles. The van der Waals surface area contributed by atoms with Gasteiger partial charge in [0.25, 0.3) is 0 Å². The quantitative estimate of drug-likeness (QED) is 0.254. The number of hydrogen-bond acceptors (Lipinski definition) is 4. The van der Waals surface area contributed by atoms with Crippen LogP contribution in [-0.2, 0) is 19.5 Å². The summed E-state index contributed by atoms with van der Waals surface area (Å²) >= 11 is 0. The topological polar surface area (TPSA) is 63.1 Å². The molecule has 43 heavy (non-hydrogen) atoms. The summed E-state index contributed by atoms with van der Waals surface area (Å²) in [5.41, 5.74) is 6.26. The summed E-state index contributed by atoms with van der Waals surface area (Å²) < 4.78 is 16.0. The summed E-state index contributed by atoms with van der Waals surface area (Å²) in [7, 11) is 0. The number of Topliss-reactive ketones (excluding diaryl/α,β-unsaturated/α-hetero) is 1. The van der Waals surface area contributed by atoms with Crippen molar-refractivity contribution >= 4 is 16.7 Å². The summed E-state index contributed by atoms with van der Waals surface area (Å²) in [6.45, 7) is 5.24. The zero-order valence-electron chi connectivity index (χ0n) is 24.7. The number of aromatic amines is 1. The van der Waals surface area contributed by atoms with Gasteiger partial charge >= 0.3 is 0 Å². The minimum absolute atomic E-state index is 0.137. The summed E-state index contributed by atoms with van der Waals surface area (Å²) in [6, 6.07) is 24.9. The number of nitrogens with zero attached hydrogens (tertiary/aromatic N) is 3. The molecule has 0 spiro atoms. The van der Waals surface area contributed by atoms with Gasteiger partial charge in [0.05, 0.1) is 11.6 Å². The van der Waals surface area contributed by atoms with Gasteiger partial charge in [0.1, 0.15) is 5.67 Å². The molecule has 1 atom stereocenters. The molecule has 7 rings (SSSR count). The van der Waals surface area contributed by atoms with Gasteiger partial charge in [-0.15, -0.1) is 0 Å². The first kappa shape index (κ1) is 28.0. The van der Waals surface area contributed by atoms with Gasteiger partial charge in [0.2, 0.25) is 0 Å². The van der Waals surface area contributed by atoms with Crippen LogP contribution in [0.25, 0.3) is 10.9 Å². The van der Waals surface area contributed by atoms with E-state index < -0.39 is 5.67 Å². The Hall–Kier alpha value is -3.79. The number of ketones is 1. The van der Waals surface area contributed by atoms with Crippen molar-refractivity contribution in [3.63, 3.8) is 0 Å². The maximum Gasteiger partial charge on any atom is 0.166 e. The number of H-pyrrole nitrogens is 1. The van der Waals surface area contributed by atoms with Crippen LogP contribution in [0.5, 0.6) is 0 Å². The minimum atomic E-state index is -1.26. The van der Waals surface area contributed by atoms with Crippen LogP contribution in [-0.4, -0.2) is 52.4 Å². The molecule has 6 heteroatoms. The number of carbonyl (C=O) groups excluding carboxylic acids is 1. The molecule has 2 aliphatic heterocycles. The van der Waals surface area contributed by atoms with Crippen molar-refractivity contribution < 1.29 is 9.18 Å². The fraction of sp³-hybridized carbons (Fsp3) is 0.405. The molecular weight excluding hydrogens is 535 g/mol. The lowest BCUT2D eigenvalue weighted by Crippen LogP contribution is -2.42. The second-order valence-corrected chi connectivity index (χ2v) is 13.0. The van der Waals surface area contributed by atoms with E-state index in [9.17, 15) is 10.1 Å². The largest absolute Gasteiger partial charge is 0.361 e. The smallest absolute Gasteiger partial charge is 0.166 e. The number of fused-ring (bicyclic) bond motifs is 2. The molecule has 1 N–H and O–H groups in total. The summed E-state index contributed by atoms with van der Waals surface area (Å²) in [6.07, 6.45) is 6.25. The van der Waals surface area contributed by atoms with Gasteiger partial charge in [-0.3, -0.25) is 14.6 Å². The Morgan fingerprint density at radius 3 is 2.47 bits per heavy atom. The van der Waals surface area contributed by atoms with Crippen molar-refractivity contribution in [2.45, 2.75) is 63.2 Å². The lowest BCUT2D eigenvalue weighted by atomic mass is 9.82. The number of alkyl halides is 1. The van der Waals surface area contributed by atoms with Gasteiger partial charge in [-0.25, -0.2) is 4.39 Å². The monoisotopic (exact) mass is 574 g/mol. The molecule has 0 saturated carbocycles. The van der Waals surface area contributed by atoms with Crippen LogP contribution >= 0.6 is 0 Å². The van der Waals surface area contributed by atoms with Crippen LogP contribution in [0.2, 0.25) is 0 Å². The SMILES string of the molecule is N#Cc1ccc2[nH]cc(CN3CCC(c4ccc5c(c4)CC(CC4(F)CCN(Cc6ccccc6)CC4)C5=O)CC3)c2c1.